The van der Waals surface area contributed by atoms with Gasteiger partial charge in [-0.25, -0.2) is 0 Å². The molecule has 0 radical (unpaired) electrons. The number of fused-ring (bicyclic) bond motifs is 1. The lowest BCUT2D eigenvalue weighted by Crippen LogP contribution is -2.44. The Bertz CT molecular complexity index is 666. The van der Waals surface area contributed by atoms with Crippen LogP contribution in [0.2, 0.25) is 0 Å². The molecule has 1 aliphatic rings. The first-order valence-electron chi connectivity index (χ1n) is 7.36. The molecule has 1 heterocycles. The number of amides is 2. The van der Waals surface area contributed by atoms with Crippen molar-refractivity contribution in [1.29, 1.82) is 0 Å². The standard InChI is InChI=1S/C16H18N4O2/c21-15(10-17-16(22)11-4-2-1-3-5-11)19-13-7-6-12-9-18-20-14(12)8-13/h1-5,9,13H,6-8,10H2,(H,17,22)(H,18,20)(H,19,21). The summed E-state index contributed by atoms with van der Waals surface area (Å²) < 4.78 is 0. The number of carbonyl (C=O) groups is 2. The average molecular weight is 298 g/mol. The first-order valence-corrected chi connectivity index (χ1v) is 7.36. The lowest BCUT2D eigenvalue weighted by Gasteiger charge is -2.22. The third-order valence-electron chi connectivity index (χ3n) is 3.83. The molecule has 3 N–H and O–H groups in total. The molecule has 114 valence electrons. The number of nitrogens with zero attached hydrogens (tertiary/aromatic N) is 1. The molecule has 6 nitrogen and oxygen atoms in total. The van der Waals surface area contributed by atoms with Crippen LogP contribution in [0.4, 0.5) is 0 Å². The summed E-state index contributed by atoms with van der Waals surface area (Å²) in [5.41, 5.74) is 2.86. The minimum atomic E-state index is -0.241. The Hall–Kier alpha value is -2.63. The average Bonchev–Trinajstić information content (AvgIpc) is 3.01. The number of benzene rings is 1. The number of carbonyl (C=O) groups excluding carboxylic acids is 2. The second kappa shape index (κ2) is 6.43. The zero-order valence-corrected chi connectivity index (χ0v) is 12.1. The topological polar surface area (TPSA) is 86.9 Å². The van der Waals surface area contributed by atoms with Crippen LogP contribution in [0, 0.1) is 0 Å². The van der Waals surface area contributed by atoms with Crippen LogP contribution in [0.25, 0.3) is 0 Å². The van der Waals surface area contributed by atoms with E-state index in [1.54, 1.807) is 24.3 Å². The largest absolute Gasteiger partial charge is 0.351 e. The summed E-state index contributed by atoms with van der Waals surface area (Å²) in [6.07, 6.45) is 4.40. The van der Waals surface area contributed by atoms with Crippen LogP contribution in [0.15, 0.2) is 36.5 Å². The van der Waals surface area contributed by atoms with E-state index in [2.05, 4.69) is 20.8 Å². The third kappa shape index (κ3) is 3.33. The van der Waals surface area contributed by atoms with Gasteiger partial charge in [0.1, 0.15) is 0 Å². The Balaban J connectivity index is 1.46. The molecular formula is C16H18N4O2. The van der Waals surface area contributed by atoms with E-state index in [9.17, 15) is 9.59 Å². The number of H-pyrrole nitrogens is 1. The summed E-state index contributed by atoms with van der Waals surface area (Å²) in [6.45, 7) is -0.0138. The van der Waals surface area contributed by atoms with E-state index in [0.29, 0.717) is 5.56 Å². The van der Waals surface area contributed by atoms with Crippen LogP contribution in [-0.2, 0) is 17.6 Å². The molecule has 2 amide bonds. The molecule has 0 saturated heterocycles. The molecule has 2 aromatic rings. The molecular weight excluding hydrogens is 280 g/mol. The predicted molar refractivity (Wildman–Crippen MR) is 81.3 cm³/mol. The monoisotopic (exact) mass is 298 g/mol. The zero-order chi connectivity index (χ0) is 15.4. The van der Waals surface area contributed by atoms with E-state index in [0.717, 1.165) is 25.0 Å². The fraction of sp³-hybridized carbons (Fsp3) is 0.312. The molecule has 0 saturated carbocycles. The molecule has 1 unspecified atom stereocenters. The van der Waals surface area contributed by atoms with Gasteiger partial charge in [0.2, 0.25) is 5.91 Å². The SMILES string of the molecule is O=C(CNC(=O)c1ccccc1)NC1CCc2cn[nH]c2C1. The predicted octanol–water partition coefficient (Wildman–Crippen LogP) is 0.813. The lowest BCUT2D eigenvalue weighted by atomic mass is 9.94. The lowest BCUT2D eigenvalue weighted by molar-refractivity contribution is -0.120. The molecule has 1 aromatic carbocycles. The number of aromatic nitrogens is 2. The maximum atomic E-state index is 11.9. The number of nitrogens with one attached hydrogen (secondary N) is 3. The summed E-state index contributed by atoms with van der Waals surface area (Å²) >= 11 is 0. The van der Waals surface area contributed by atoms with Crippen LogP contribution >= 0.6 is 0 Å². The second-order valence-corrected chi connectivity index (χ2v) is 5.43. The number of rotatable bonds is 4. The van der Waals surface area contributed by atoms with E-state index < -0.39 is 0 Å². The fourth-order valence-electron chi connectivity index (χ4n) is 2.66. The van der Waals surface area contributed by atoms with Crippen molar-refractivity contribution in [2.75, 3.05) is 6.54 Å². The maximum absolute atomic E-state index is 11.9. The summed E-state index contributed by atoms with van der Waals surface area (Å²) in [5.74, 6) is -0.410. The van der Waals surface area contributed by atoms with Crippen molar-refractivity contribution in [2.45, 2.75) is 25.3 Å². The molecule has 0 bridgehead atoms. The molecule has 1 atom stereocenters. The quantitative estimate of drug-likeness (QED) is 0.781. The van der Waals surface area contributed by atoms with Crippen LogP contribution in [-0.4, -0.2) is 34.6 Å². The molecule has 3 rings (SSSR count). The number of hydrogen-bond acceptors (Lipinski definition) is 3. The van der Waals surface area contributed by atoms with Gasteiger partial charge < -0.3 is 10.6 Å². The molecule has 6 heteroatoms. The molecule has 0 fully saturated rings. The van der Waals surface area contributed by atoms with E-state index in [1.165, 1.54) is 5.56 Å². The zero-order valence-electron chi connectivity index (χ0n) is 12.1. The van der Waals surface area contributed by atoms with Gasteiger partial charge >= 0.3 is 0 Å². The Morgan fingerprint density at radius 1 is 1.27 bits per heavy atom. The Morgan fingerprint density at radius 3 is 2.91 bits per heavy atom. The minimum absolute atomic E-state index is 0.0138. The summed E-state index contributed by atoms with van der Waals surface area (Å²) in [5, 5.41) is 12.6. The number of aromatic amines is 1. The van der Waals surface area contributed by atoms with E-state index in [-0.39, 0.29) is 24.4 Å². The van der Waals surface area contributed by atoms with Crippen LogP contribution in [0.1, 0.15) is 28.0 Å². The maximum Gasteiger partial charge on any atom is 0.251 e. The van der Waals surface area contributed by atoms with Gasteiger partial charge in [-0.2, -0.15) is 5.10 Å². The van der Waals surface area contributed by atoms with Crippen LogP contribution < -0.4 is 10.6 Å². The Labute approximate surface area is 128 Å². The van der Waals surface area contributed by atoms with Crippen molar-refractivity contribution >= 4 is 11.8 Å². The van der Waals surface area contributed by atoms with Gasteiger partial charge in [-0.3, -0.25) is 14.7 Å². The fourth-order valence-corrected chi connectivity index (χ4v) is 2.66. The number of aryl methyl sites for hydroxylation is 1. The van der Waals surface area contributed by atoms with Gasteiger partial charge in [-0.05, 0) is 30.5 Å². The van der Waals surface area contributed by atoms with Crippen molar-refractivity contribution in [3.63, 3.8) is 0 Å². The van der Waals surface area contributed by atoms with Crippen molar-refractivity contribution in [3.8, 4) is 0 Å². The smallest absolute Gasteiger partial charge is 0.251 e. The third-order valence-corrected chi connectivity index (χ3v) is 3.83. The van der Waals surface area contributed by atoms with Crippen molar-refractivity contribution < 1.29 is 9.59 Å². The highest BCUT2D eigenvalue weighted by Gasteiger charge is 2.21. The van der Waals surface area contributed by atoms with Gasteiger partial charge in [-0.15, -0.1) is 0 Å². The molecule has 1 aromatic heterocycles. The van der Waals surface area contributed by atoms with Crippen molar-refractivity contribution in [3.05, 3.63) is 53.3 Å². The number of hydrogen-bond donors (Lipinski definition) is 3. The van der Waals surface area contributed by atoms with Gasteiger partial charge in [0, 0.05) is 23.7 Å². The molecule has 1 aliphatic carbocycles. The van der Waals surface area contributed by atoms with Crippen LogP contribution in [0.3, 0.4) is 0 Å². The summed E-state index contributed by atoms with van der Waals surface area (Å²) in [7, 11) is 0. The summed E-state index contributed by atoms with van der Waals surface area (Å²) in [6, 6.07) is 8.95. The first-order chi connectivity index (χ1) is 10.7. The van der Waals surface area contributed by atoms with Gasteiger partial charge in [-0.1, -0.05) is 18.2 Å². The highest BCUT2D eigenvalue weighted by molar-refractivity contribution is 5.96. The van der Waals surface area contributed by atoms with E-state index in [1.807, 2.05) is 12.3 Å². The summed E-state index contributed by atoms with van der Waals surface area (Å²) in [4.78, 5) is 23.8. The normalized spacial score (nSPS) is 16.6. The molecule has 0 spiro atoms. The van der Waals surface area contributed by atoms with Gasteiger partial charge in [0.15, 0.2) is 0 Å². The Kier molecular flexibility index (Phi) is 4.18. The van der Waals surface area contributed by atoms with Gasteiger partial charge in [0.05, 0.1) is 12.7 Å². The van der Waals surface area contributed by atoms with Crippen molar-refractivity contribution in [2.24, 2.45) is 0 Å². The van der Waals surface area contributed by atoms with Gasteiger partial charge in [0.25, 0.3) is 5.91 Å². The van der Waals surface area contributed by atoms with E-state index in [4.69, 9.17) is 0 Å². The molecule has 22 heavy (non-hydrogen) atoms. The van der Waals surface area contributed by atoms with Crippen LogP contribution in [0.5, 0.6) is 0 Å². The highest BCUT2D eigenvalue weighted by Crippen LogP contribution is 2.18. The Morgan fingerprint density at radius 2 is 2.09 bits per heavy atom. The minimum Gasteiger partial charge on any atom is -0.351 e. The second-order valence-electron chi connectivity index (χ2n) is 5.43. The highest BCUT2D eigenvalue weighted by atomic mass is 16.2. The first kappa shape index (κ1) is 14.3. The van der Waals surface area contributed by atoms with E-state index >= 15 is 0 Å². The van der Waals surface area contributed by atoms with Crippen molar-refractivity contribution in [1.82, 2.24) is 20.8 Å². The molecule has 0 aliphatic heterocycles.